The number of hydrogen-bond acceptors (Lipinski definition) is 5. The van der Waals surface area contributed by atoms with Crippen molar-refractivity contribution in [3.05, 3.63) is 29.8 Å². The van der Waals surface area contributed by atoms with E-state index in [1.54, 1.807) is 24.0 Å². The number of nitrogens with one attached hydrogen (secondary N) is 2. The van der Waals surface area contributed by atoms with Gasteiger partial charge in [0.2, 0.25) is 0 Å². The molecule has 0 saturated carbocycles. The van der Waals surface area contributed by atoms with Crippen molar-refractivity contribution in [1.82, 2.24) is 25.1 Å². The van der Waals surface area contributed by atoms with Crippen LogP contribution in [0.5, 0.6) is 0 Å². The molecule has 7 nitrogen and oxygen atoms in total. The van der Waals surface area contributed by atoms with Gasteiger partial charge in [0.05, 0.1) is 0 Å². The third kappa shape index (κ3) is 2.54. The Morgan fingerprint density at radius 1 is 1.42 bits per heavy atom. The normalized spacial score (nSPS) is 10.3. The minimum absolute atomic E-state index is 0.225. The molecule has 0 radical (unpaired) electrons. The van der Waals surface area contributed by atoms with Crippen LogP contribution in [0, 0.1) is 6.92 Å². The summed E-state index contributed by atoms with van der Waals surface area (Å²) in [5.41, 5.74) is 1.24. The van der Waals surface area contributed by atoms with Crippen LogP contribution in [0.3, 0.4) is 0 Å². The van der Waals surface area contributed by atoms with Crippen LogP contribution in [-0.2, 0) is 0 Å². The van der Waals surface area contributed by atoms with Crippen molar-refractivity contribution in [2.75, 3.05) is 18.9 Å². The van der Waals surface area contributed by atoms with Crippen molar-refractivity contribution in [1.29, 1.82) is 0 Å². The molecule has 0 atom stereocenters. The monoisotopic (exact) mass is 260 g/mol. The van der Waals surface area contributed by atoms with Gasteiger partial charge in [-0.1, -0.05) is 0 Å². The van der Waals surface area contributed by atoms with Crippen LogP contribution in [0.25, 0.3) is 5.82 Å². The molecule has 1 amide bonds. The van der Waals surface area contributed by atoms with E-state index in [1.165, 1.54) is 6.33 Å². The van der Waals surface area contributed by atoms with Gasteiger partial charge >= 0.3 is 0 Å². The van der Waals surface area contributed by atoms with Gasteiger partial charge in [0.15, 0.2) is 11.5 Å². The molecule has 0 fully saturated rings. The van der Waals surface area contributed by atoms with E-state index in [4.69, 9.17) is 0 Å². The smallest absolute Gasteiger partial charge is 0.271 e. The first-order chi connectivity index (χ1) is 9.17. The highest BCUT2D eigenvalue weighted by Crippen LogP contribution is 2.16. The van der Waals surface area contributed by atoms with Gasteiger partial charge in [-0.25, -0.2) is 14.6 Å². The molecule has 0 saturated heterocycles. The molecule has 2 heterocycles. The fraction of sp³-hybridized carbons (Fsp3) is 0.333. The second-order valence-corrected chi connectivity index (χ2v) is 3.93. The highest BCUT2D eigenvalue weighted by atomic mass is 16.1. The van der Waals surface area contributed by atoms with Gasteiger partial charge in [0.25, 0.3) is 5.91 Å². The molecular formula is C12H16N6O. The third-order valence-electron chi connectivity index (χ3n) is 2.67. The molecule has 2 rings (SSSR count). The number of carbonyl (C=O) groups is 1. The van der Waals surface area contributed by atoms with Crippen molar-refractivity contribution >= 4 is 11.7 Å². The Hall–Kier alpha value is -2.44. The van der Waals surface area contributed by atoms with E-state index in [9.17, 15) is 4.79 Å². The summed E-state index contributed by atoms with van der Waals surface area (Å²) in [6.07, 6.45) is 3.18. The zero-order valence-electron chi connectivity index (χ0n) is 11.1. The van der Waals surface area contributed by atoms with Crippen LogP contribution in [0.2, 0.25) is 0 Å². The van der Waals surface area contributed by atoms with Crippen molar-refractivity contribution in [2.45, 2.75) is 13.8 Å². The lowest BCUT2D eigenvalue weighted by atomic mass is 10.3. The first-order valence-corrected chi connectivity index (χ1v) is 6.01. The summed E-state index contributed by atoms with van der Waals surface area (Å²) in [5, 5.41) is 9.89. The molecule has 0 spiro atoms. The van der Waals surface area contributed by atoms with E-state index in [0.717, 1.165) is 17.9 Å². The zero-order valence-corrected chi connectivity index (χ0v) is 11.1. The fourth-order valence-electron chi connectivity index (χ4n) is 1.71. The van der Waals surface area contributed by atoms with Gasteiger partial charge in [0, 0.05) is 25.4 Å². The van der Waals surface area contributed by atoms with Gasteiger partial charge in [-0.15, -0.1) is 0 Å². The van der Waals surface area contributed by atoms with E-state index < -0.39 is 0 Å². The number of aromatic nitrogens is 4. The molecule has 100 valence electrons. The van der Waals surface area contributed by atoms with Crippen molar-refractivity contribution < 1.29 is 4.79 Å². The zero-order chi connectivity index (χ0) is 13.8. The van der Waals surface area contributed by atoms with E-state index >= 15 is 0 Å². The van der Waals surface area contributed by atoms with E-state index in [1.807, 2.05) is 13.8 Å². The van der Waals surface area contributed by atoms with Crippen LogP contribution in [0.15, 0.2) is 18.6 Å². The Balaban J connectivity index is 2.39. The van der Waals surface area contributed by atoms with Crippen LogP contribution in [0.1, 0.15) is 23.0 Å². The first-order valence-electron chi connectivity index (χ1n) is 6.01. The van der Waals surface area contributed by atoms with Gasteiger partial charge in [-0.2, -0.15) is 5.10 Å². The molecule has 19 heavy (non-hydrogen) atoms. The number of carbonyl (C=O) groups excluding carboxylic acids is 1. The number of nitrogens with zero attached hydrogens (tertiary/aromatic N) is 4. The second kappa shape index (κ2) is 5.47. The van der Waals surface area contributed by atoms with Crippen LogP contribution in [0.4, 0.5) is 5.82 Å². The topological polar surface area (TPSA) is 84.7 Å². The second-order valence-electron chi connectivity index (χ2n) is 3.93. The molecule has 0 bridgehead atoms. The van der Waals surface area contributed by atoms with Crippen LogP contribution in [-0.4, -0.2) is 39.2 Å². The molecule has 0 unspecified atom stereocenters. The number of amides is 1. The maximum atomic E-state index is 11.5. The number of hydrogen-bond donors (Lipinski definition) is 2. The third-order valence-corrected chi connectivity index (χ3v) is 2.67. The fourth-order valence-corrected chi connectivity index (χ4v) is 1.71. The van der Waals surface area contributed by atoms with Gasteiger partial charge < -0.3 is 10.6 Å². The summed E-state index contributed by atoms with van der Waals surface area (Å²) in [7, 11) is 1.57. The molecule has 0 aliphatic heterocycles. The van der Waals surface area contributed by atoms with E-state index in [0.29, 0.717) is 11.5 Å². The largest absolute Gasteiger partial charge is 0.370 e. The predicted octanol–water partition coefficient (Wildman–Crippen LogP) is 0.762. The quantitative estimate of drug-likeness (QED) is 0.848. The summed E-state index contributed by atoms with van der Waals surface area (Å²) < 4.78 is 1.57. The minimum atomic E-state index is -0.225. The average molecular weight is 260 g/mol. The summed E-state index contributed by atoms with van der Waals surface area (Å²) in [6.45, 7) is 4.69. The summed E-state index contributed by atoms with van der Waals surface area (Å²) in [6, 6.07) is 1.65. The van der Waals surface area contributed by atoms with E-state index in [2.05, 4.69) is 25.7 Å². The molecule has 2 aromatic heterocycles. The lowest BCUT2D eigenvalue weighted by molar-refractivity contribution is 0.0957. The van der Waals surface area contributed by atoms with Gasteiger partial charge in [0.1, 0.15) is 12.1 Å². The highest BCUT2D eigenvalue weighted by molar-refractivity contribution is 5.91. The highest BCUT2D eigenvalue weighted by Gasteiger charge is 2.12. The Bertz CT molecular complexity index is 592. The molecule has 0 aromatic carbocycles. The standard InChI is InChI=1S/C12H16N6O/c1-4-14-10-8(2)11(16-7-15-10)18-6-5-9(17-18)12(19)13-3/h5-7H,4H2,1-3H3,(H,13,19)(H,14,15,16). The molecule has 2 aromatic rings. The minimum Gasteiger partial charge on any atom is -0.370 e. The van der Waals surface area contributed by atoms with Gasteiger partial charge in [-0.05, 0) is 19.9 Å². The number of anilines is 1. The van der Waals surface area contributed by atoms with Crippen molar-refractivity contribution in [3.8, 4) is 5.82 Å². The SMILES string of the molecule is CCNc1ncnc(-n2ccc(C(=O)NC)n2)c1C. The Labute approximate surface area is 111 Å². The van der Waals surface area contributed by atoms with Crippen molar-refractivity contribution in [2.24, 2.45) is 0 Å². The van der Waals surface area contributed by atoms with Crippen molar-refractivity contribution in [3.63, 3.8) is 0 Å². The lowest BCUT2D eigenvalue weighted by Gasteiger charge is -2.09. The molecule has 0 aliphatic rings. The molecule has 7 heteroatoms. The first kappa shape index (κ1) is 13.0. The molecular weight excluding hydrogens is 244 g/mol. The average Bonchev–Trinajstić information content (AvgIpc) is 2.90. The Morgan fingerprint density at radius 2 is 2.21 bits per heavy atom. The molecule has 0 aliphatic carbocycles. The molecule has 2 N–H and O–H groups in total. The Kier molecular flexibility index (Phi) is 3.74. The van der Waals surface area contributed by atoms with Crippen LogP contribution >= 0.6 is 0 Å². The lowest BCUT2D eigenvalue weighted by Crippen LogP contribution is -2.18. The van der Waals surface area contributed by atoms with Gasteiger partial charge in [-0.3, -0.25) is 4.79 Å². The van der Waals surface area contributed by atoms with Crippen LogP contribution < -0.4 is 10.6 Å². The maximum Gasteiger partial charge on any atom is 0.271 e. The number of rotatable bonds is 4. The summed E-state index contributed by atoms with van der Waals surface area (Å²) >= 11 is 0. The maximum absolute atomic E-state index is 11.5. The Morgan fingerprint density at radius 3 is 2.89 bits per heavy atom. The summed E-state index contributed by atoms with van der Waals surface area (Å²) in [4.78, 5) is 19.9. The predicted molar refractivity (Wildman–Crippen MR) is 71.4 cm³/mol. The summed E-state index contributed by atoms with van der Waals surface area (Å²) in [5.74, 6) is 1.20. The van der Waals surface area contributed by atoms with E-state index in [-0.39, 0.29) is 5.91 Å².